The molecule has 0 bridgehead atoms. The van der Waals surface area contributed by atoms with Gasteiger partial charge in [-0.3, -0.25) is 0 Å². The third-order valence-electron chi connectivity index (χ3n) is 1.94. The van der Waals surface area contributed by atoms with Gasteiger partial charge >= 0.3 is 0 Å². The molecule has 1 unspecified atom stereocenters. The normalized spacial score (nSPS) is 23.4. The van der Waals surface area contributed by atoms with Crippen LogP contribution >= 0.6 is 12.2 Å². The lowest BCUT2D eigenvalue weighted by molar-refractivity contribution is 0.535. The summed E-state index contributed by atoms with van der Waals surface area (Å²) < 4.78 is 0. The second-order valence-corrected chi connectivity index (χ2v) is 3.43. The van der Waals surface area contributed by atoms with E-state index in [4.69, 9.17) is 12.2 Å². The Balaban J connectivity index is 2.26. The largest absolute Gasteiger partial charge is 0.373 e. The summed E-state index contributed by atoms with van der Waals surface area (Å²) in [4.78, 5) is 0.900. The van der Waals surface area contributed by atoms with Gasteiger partial charge in [0.1, 0.15) is 0 Å². The van der Waals surface area contributed by atoms with Crippen molar-refractivity contribution >= 4 is 17.2 Å². The van der Waals surface area contributed by atoms with Crippen LogP contribution in [-0.4, -0.2) is 11.0 Å². The number of hydrogen-bond donors (Lipinski definition) is 1. The van der Waals surface area contributed by atoms with E-state index in [0.717, 1.165) is 11.4 Å². The van der Waals surface area contributed by atoms with Crippen molar-refractivity contribution in [1.82, 2.24) is 5.32 Å². The van der Waals surface area contributed by atoms with Crippen LogP contribution in [0.5, 0.6) is 0 Å². The Morgan fingerprint density at radius 1 is 1.73 bits per heavy atom. The van der Waals surface area contributed by atoms with Crippen LogP contribution in [0.25, 0.3) is 0 Å². The zero-order chi connectivity index (χ0) is 8.10. The first-order chi connectivity index (χ1) is 5.33. The van der Waals surface area contributed by atoms with Crippen molar-refractivity contribution in [1.29, 1.82) is 0 Å². The van der Waals surface area contributed by atoms with Gasteiger partial charge in [-0.25, -0.2) is 0 Å². The van der Waals surface area contributed by atoms with Crippen LogP contribution in [-0.2, 0) is 0 Å². The van der Waals surface area contributed by atoms with E-state index in [0.29, 0.717) is 6.04 Å². The molecular weight excluding hydrogens is 154 g/mol. The first kappa shape index (κ1) is 8.72. The first-order valence-corrected chi connectivity index (χ1v) is 4.70. The monoisotopic (exact) mass is 169 g/mol. The topological polar surface area (TPSA) is 12.0 Å². The SMILES string of the molecule is CCCCC1CC=CC(=S)N1. The Bertz CT molecular complexity index is 163. The minimum Gasteiger partial charge on any atom is -0.373 e. The summed E-state index contributed by atoms with van der Waals surface area (Å²) in [5, 5.41) is 3.30. The number of unbranched alkanes of at least 4 members (excludes halogenated alkanes) is 1. The fourth-order valence-electron chi connectivity index (χ4n) is 1.29. The molecule has 1 aliphatic rings. The molecule has 2 heteroatoms. The van der Waals surface area contributed by atoms with Gasteiger partial charge in [0.25, 0.3) is 0 Å². The number of hydrogen-bond acceptors (Lipinski definition) is 1. The smallest absolute Gasteiger partial charge is 0.0987 e. The highest BCUT2D eigenvalue weighted by Crippen LogP contribution is 2.08. The fraction of sp³-hybridized carbons (Fsp3) is 0.667. The van der Waals surface area contributed by atoms with Crippen LogP contribution in [0.3, 0.4) is 0 Å². The molecule has 0 fully saturated rings. The molecular formula is C9H15NS. The maximum absolute atomic E-state index is 5.04. The van der Waals surface area contributed by atoms with Crippen LogP contribution in [0.1, 0.15) is 32.6 Å². The lowest BCUT2D eigenvalue weighted by atomic mass is 10.0. The average Bonchev–Trinajstić information content (AvgIpc) is 2.01. The summed E-state index contributed by atoms with van der Waals surface area (Å²) in [6.45, 7) is 2.22. The second kappa shape index (κ2) is 4.50. The van der Waals surface area contributed by atoms with E-state index in [1.807, 2.05) is 6.08 Å². The molecule has 0 aromatic carbocycles. The van der Waals surface area contributed by atoms with Crippen LogP contribution in [0.2, 0.25) is 0 Å². The standard InChI is InChI=1S/C9H15NS/c1-2-3-5-8-6-4-7-9(11)10-8/h4,7-8H,2-3,5-6H2,1H3,(H,10,11). The molecule has 0 aliphatic carbocycles. The van der Waals surface area contributed by atoms with Gasteiger partial charge in [-0.05, 0) is 18.9 Å². The lowest BCUT2D eigenvalue weighted by Crippen LogP contribution is -2.34. The zero-order valence-corrected chi connectivity index (χ0v) is 7.79. The predicted octanol–water partition coefficient (Wildman–Crippen LogP) is 2.42. The summed E-state index contributed by atoms with van der Waals surface area (Å²) in [5.74, 6) is 0. The Labute approximate surface area is 73.9 Å². The molecule has 11 heavy (non-hydrogen) atoms. The molecule has 1 N–H and O–H groups in total. The van der Waals surface area contributed by atoms with Gasteiger partial charge in [0.15, 0.2) is 0 Å². The molecule has 1 heterocycles. The zero-order valence-electron chi connectivity index (χ0n) is 6.97. The van der Waals surface area contributed by atoms with Crippen molar-refractivity contribution in [2.75, 3.05) is 0 Å². The van der Waals surface area contributed by atoms with Crippen LogP contribution in [0, 0.1) is 0 Å². The maximum atomic E-state index is 5.04. The van der Waals surface area contributed by atoms with E-state index in [9.17, 15) is 0 Å². The predicted molar refractivity (Wildman–Crippen MR) is 52.8 cm³/mol. The average molecular weight is 169 g/mol. The third kappa shape index (κ3) is 3.02. The molecule has 0 aromatic rings. The van der Waals surface area contributed by atoms with E-state index in [2.05, 4.69) is 18.3 Å². The van der Waals surface area contributed by atoms with Gasteiger partial charge in [0.2, 0.25) is 0 Å². The minimum atomic E-state index is 0.604. The molecule has 1 atom stereocenters. The van der Waals surface area contributed by atoms with Gasteiger partial charge in [-0.15, -0.1) is 0 Å². The van der Waals surface area contributed by atoms with Gasteiger partial charge in [-0.2, -0.15) is 0 Å². The first-order valence-electron chi connectivity index (χ1n) is 4.30. The molecule has 1 rings (SSSR count). The molecule has 0 spiro atoms. The van der Waals surface area contributed by atoms with Gasteiger partial charge in [0.05, 0.1) is 4.99 Å². The quantitative estimate of drug-likeness (QED) is 0.651. The summed E-state index contributed by atoms with van der Waals surface area (Å²) in [5.41, 5.74) is 0. The summed E-state index contributed by atoms with van der Waals surface area (Å²) in [6.07, 6.45) is 9.11. The molecule has 62 valence electrons. The van der Waals surface area contributed by atoms with Crippen molar-refractivity contribution in [3.05, 3.63) is 12.2 Å². The molecule has 0 saturated heterocycles. The van der Waals surface area contributed by atoms with E-state index >= 15 is 0 Å². The van der Waals surface area contributed by atoms with E-state index in [-0.39, 0.29) is 0 Å². The van der Waals surface area contributed by atoms with Gasteiger partial charge in [-0.1, -0.05) is 38.1 Å². The Morgan fingerprint density at radius 2 is 2.55 bits per heavy atom. The van der Waals surface area contributed by atoms with E-state index in [1.54, 1.807) is 0 Å². The van der Waals surface area contributed by atoms with Crippen molar-refractivity contribution in [2.24, 2.45) is 0 Å². The van der Waals surface area contributed by atoms with E-state index in [1.165, 1.54) is 19.3 Å². The number of nitrogens with one attached hydrogen (secondary N) is 1. The summed E-state index contributed by atoms with van der Waals surface area (Å²) >= 11 is 5.04. The van der Waals surface area contributed by atoms with E-state index < -0.39 is 0 Å². The molecule has 1 nitrogen and oxygen atoms in total. The highest BCUT2D eigenvalue weighted by Gasteiger charge is 2.09. The molecule has 0 aromatic heterocycles. The Kier molecular flexibility index (Phi) is 3.57. The van der Waals surface area contributed by atoms with Crippen molar-refractivity contribution in [3.63, 3.8) is 0 Å². The van der Waals surface area contributed by atoms with Crippen LogP contribution in [0.15, 0.2) is 12.2 Å². The summed E-state index contributed by atoms with van der Waals surface area (Å²) in [6, 6.07) is 0.604. The fourth-order valence-corrected chi connectivity index (χ4v) is 1.55. The van der Waals surface area contributed by atoms with Crippen molar-refractivity contribution in [3.8, 4) is 0 Å². The maximum Gasteiger partial charge on any atom is 0.0987 e. The lowest BCUT2D eigenvalue weighted by Gasteiger charge is -2.20. The minimum absolute atomic E-state index is 0.604. The molecule has 0 saturated carbocycles. The second-order valence-electron chi connectivity index (χ2n) is 2.99. The third-order valence-corrected chi connectivity index (χ3v) is 2.20. The molecule has 0 amide bonds. The number of thiocarbonyl (C=S) groups is 1. The highest BCUT2D eigenvalue weighted by atomic mass is 32.1. The highest BCUT2D eigenvalue weighted by molar-refractivity contribution is 7.80. The van der Waals surface area contributed by atoms with Gasteiger partial charge in [0, 0.05) is 6.04 Å². The Morgan fingerprint density at radius 3 is 3.18 bits per heavy atom. The Hall–Kier alpha value is -0.370. The van der Waals surface area contributed by atoms with Crippen molar-refractivity contribution in [2.45, 2.75) is 38.6 Å². The molecule has 1 aliphatic heterocycles. The number of rotatable bonds is 3. The molecule has 0 radical (unpaired) electrons. The van der Waals surface area contributed by atoms with Gasteiger partial charge < -0.3 is 5.32 Å². The van der Waals surface area contributed by atoms with Crippen LogP contribution < -0.4 is 5.32 Å². The summed E-state index contributed by atoms with van der Waals surface area (Å²) in [7, 11) is 0. The van der Waals surface area contributed by atoms with Crippen LogP contribution in [0.4, 0.5) is 0 Å². The van der Waals surface area contributed by atoms with Crippen molar-refractivity contribution < 1.29 is 0 Å².